The van der Waals surface area contributed by atoms with Crippen LogP contribution in [-0.2, 0) is 9.53 Å². The maximum Gasteiger partial charge on any atom is 0.306 e. The van der Waals surface area contributed by atoms with Crippen molar-refractivity contribution in [2.75, 3.05) is 6.54 Å². The number of amides is 1. The molecule has 0 aliphatic carbocycles. The summed E-state index contributed by atoms with van der Waals surface area (Å²) in [5.74, 6) is -0.382. The molecule has 0 bridgehead atoms. The van der Waals surface area contributed by atoms with Crippen molar-refractivity contribution in [3.8, 4) is 5.75 Å². The SMILES string of the molecule is CC(C)OC(=O)CCCCCCCNC(=O)c1ccccc1O. The van der Waals surface area contributed by atoms with E-state index in [2.05, 4.69) is 5.32 Å². The van der Waals surface area contributed by atoms with Gasteiger partial charge in [0.2, 0.25) is 0 Å². The molecule has 5 nitrogen and oxygen atoms in total. The van der Waals surface area contributed by atoms with Gasteiger partial charge in [-0.15, -0.1) is 0 Å². The predicted octanol–water partition coefficient (Wildman–Crippen LogP) is 3.41. The van der Waals surface area contributed by atoms with Gasteiger partial charge in [-0.1, -0.05) is 31.4 Å². The minimum absolute atomic E-state index is 0.00159. The fourth-order valence-corrected chi connectivity index (χ4v) is 2.21. The first-order valence-electron chi connectivity index (χ1n) is 8.26. The number of esters is 1. The van der Waals surface area contributed by atoms with Gasteiger partial charge in [-0.2, -0.15) is 0 Å². The number of hydrogen-bond acceptors (Lipinski definition) is 4. The molecular weight excluding hydrogens is 294 g/mol. The highest BCUT2D eigenvalue weighted by Crippen LogP contribution is 2.15. The van der Waals surface area contributed by atoms with Gasteiger partial charge in [0, 0.05) is 13.0 Å². The van der Waals surface area contributed by atoms with Crippen molar-refractivity contribution in [3.05, 3.63) is 29.8 Å². The van der Waals surface area contributed by atoms with Crippen molar-refractivity contribution in [2.24, 2.45) is 0 Å². The first-order valence-corrected chi connectivity index (χ1v) is 8.26. The lowest BCUT2D eigenvalue weighted by Gasteiger charge is -2.08. The van der Waals surface area contributed by atoms with E-state index in [0.717, 1.165) is 32.1 Å². The summed E-state index contributed by atoms with van der Waals surface area (Å²) in [4.78, 5) is 23.2. The van der Waals surface area contributed by atoms with E-state index in [9.17, 15) is 14.7 Å². The molecule has 0 aliphatic heterocycles. The van der Waals surface area contributed by atoms with Crippen LogP contribution in [0.15, 0.2) is 24.3 Å². The van der Waals surface area contributed by atoms with E-state index in [0.29, 0.717) is 18.5 Å². The van der Waals surface area contributed by atoms with Crippen LogP contribution in [-0.4, -0.2) is 29.6 Å². The number of rotatable bonds is 10. The quantitative estimate of drug-likeness (QED) is 0.511. The molecule has 0 fully saturated rings. The summed E-state index contributed by atoms with van der Waals surface area (Å²) in [5, 5.41) is 12.4. The van der Waals surface area contributed by atoms with Gasteiger partial charge in [-0.3, -0.25) is 9.59 Å². The number of carbonyl (C=O) groups is 2. The molecule has 1 rings (SSSR count). The topological polar surface area (TPSA) is 75.6 Å². The Kier molecular flexibility index (Phi) is 8.80. The molecule has 0 spiro atoms. The van der Waals surface area contributed by atoms with E-state index in [1.165, 1.54) is 6.07 Å². The summed E-state index contributed by atoms with van der Waals surface area (Å²) in [6.07, 6.45) is 5.17. The van der Waals surface area contributed by atoms with Crippen LogP contribution < -0.4 is 5.32 Å². The van der Waals surface area contributed by atoms with Crippen LogP contribution in [0.1, 0.15) is 62.7 Å². The number of aromatic hydroxyl groups is 1. The molecule has 0 aliphatic rings. The third-order valence-electron chi connectivity index (χ3n) is 3.36. The average Bonchev–Trinajstić information content (AvgIpc) is 2.49. The summed E-state index contributed by atoms with van der Waals surface area (Å²) < 4.78 is 5.07. The lowest BCUT2D eigenvalue weighted by Crippen LogP contribution is -2.24. The molecule has 0 saturated carbocycles. The summed E-state index contributed by atoms with van der Waals surface area (Å²) in [5.41, 5.74) is 0.302. The molecule has 0 aromatic heterocycles. The number of carbonyl (C=O) groups excluding carboxylic acids is 2. The van der Waals surface area contributed by atoms with Crippen LogP contribution in [0.5, 0.6) is 5.75 Å². The molecule has 0 unspecified atom stereocenters. The summed E-state index contributed by atoms with van der Waals surface area (Å²) in [6.45, 7) is 4.28. The van der Waals surface area contributed by atoms with Gasteiger partial charge in [-0.05, 0) is 38.8 Å². The molecule has 0 radical (unpaired) electrons. The molecule has 2 N–H and O–H groups in total. The Hall–Kier alpha value is -2.04. The van der Waals surface area contributed by atoms with Gasteiger partial charge in [-0.25, -0.2) is 0 Å². The van der Waals surface area contributed by atoms with Crippen LogP contribution in [0.4, 0.5) is 0 Å². The molecule has 1 aromatic carbocycles. The highest BCUT2D eigenvalue weighted by molar-refractivity contribution is 5.96. The Labute approximate surface area is 138 Å². The molecule has 1 aromatic rings. The van der Waals surface area contributed by atoms with Crippen LogP contribution >= 0.6 is 0 Å². The fraction of sp³-hybridized carbons (Fsp3) is 0.556. The number of para-hydroxylation sites is 1. The summed E-state index contributed by atoms with van der Waals surface area (Å²) in [7, 11) is 0. The molecule has 1 amide bonds. The van der Waals surface area contributed by atoms with Gasteiger partial charge in [0.05, 0.1) is 11.7 Å². The molecule has 128 valence electrons. The fourth-order valence-electron chi connectivity index (χ4n) is 2.21. The number of ether oxygens (including phenoxy) is 1. The Morgan fingerprint density at radius 2 is 1.74 bits per heavy atom. The summed E-state index contributed by atoms with van der Waals surface area (Å²) >= 11 is 0. The zero-order valence-corrected chi connectivity index (χ0v) is 14.0. The molecule has 0 saturated heterocycles. The number of nitrogens with one attached hydrogen (secondary N) is 1. The molecular formula is C18H27NO4. The van der Waals surface area contributed by atoms with Crippen LogP contribution in [0.25, 0.3) is 0 Å². The largest absolute Gasteiger partial charge is 0.507 e. The van der Waals surface area contributed by atoms with Crippen molar-refractivity contribution in [1.29, 1.82) is 0 Å². The smallest absolute Gasteiger partial charge is 0.306 e. The minimum Gasteiger partial charge on any atom is -0.507 e. The predicted molar refractivity (Wildman–Crippen MR) is 89.4 cm³/mol. The van der Waals surface area contributed by atoms with Crippen molar-refractivity contribution in [3.63, 3.8) is 0 Å². The van der Waals surface area contributed by atoms with E-state index in [1.54, 1.807) is 18.2 Å². The second kappa shape index (κ2) is 10.6. The standard InChI is InChI=1S/C18H27NO4/c1-14(2)23-17(21)12-6-4-3-5-9-13-19-18(22)15-10-7-8-11-16(15)20/h7-8,10-11,14,20H,3-6,9,12-13H2,1-2H3,(H,19,22). The normalized spacial score (nSPS) is 10.6. The average molecular weight is 321 g/mol. The Morgan fingerprint density at radius 3 is 2.43 bits per heavy atom. The second-order valence-electron chi connectivity index (χ2n) is 5.83. The molecule has 5 heteroatoms. The lowest BCUT2D eigenvalue weighted by molar-refractivity contribution is -0.147. The van der Waals surface area contributed by atoms with Gasteiger partial charge in [0.25, 0.3) is 5.91 Å². The van der Waals surface area contributed by atoms with Crippen LogP contribution in [0, 0.1) is 0 Å². The number of benzene rings is 1. The highest BCUT2D eigenvalue weighted by atomic mass is 16.5. The zero-order valence-electron chi connectivity index (χ0n) is 14.0. The van der Waals surface area contributed by atoms with Gasteiger partial charge in [0.1, 0.15) is 5.75 Å². The number of phenolic OH excluding ortho intramolecular Hbond substituents is 1. The maximum absolute atomic E-state index is 11.8. The van der Waals surface area contributed by atoms with Crippen molar-refractivity contribution < 1.29 is 19.4 Å². The third kappa shape index (κ3) is 8.24. The van der Waals surface area contributed by atoms with Gasteiger partial charge in [0.15, 0.2) is 0 Å². The van der Waals surface area contributed by atoms with Crippen molar-refractivity contribution in [2.45, 2.75) is 58.5 Å². The zero-order chi connectivity index (χ0) is 17.1. The number of hydrogen-bond donors (Lipinski definition) is 2. The molecule has 0 heterocycles. The van der Waals surface area contributed by atoms with Crippen molar-refractivity contribution in [1.82, 2.24) is 5.32 Å². The van der Waals surface area contributed by atoms with Gasteiger partial charge >= 0.3 is 5.97 Å². The van der Waals surface area contributed by atoms with E-state index in [-0.39, 0.29) is 23.7 Å². The van der Waals surface area contributed by atoms with E-state index >= 15 is 0 Å². The van der Waals surface area contributed by atoms with Crippen LogP contribution in [0.3, 0.4) is 0 Å². The Bertz CT molecular complexity index is 500. The Morgan fingerprint density at radius 1 is 1.09 bits per heavy atom. The Balaban J connectivity index is 2.03. The molecule has 0 atom stereocenters. The first kappa shape index (κ1) is 19.0. The van der Waals surface area contributed by atoms with E-state index < -0.39 is 0 Å². The summed E-state index contributed by atoms with van der Waals surface area (Å²) in [6, 6.07) is 6.50. The second-order valence-corrected chi connectivity index (χ2v) is 5.83. The number of unbranched alkanes of at least 4 members (excludes halogenated alkanes) is 4. The molecule has 23 heavy (non-hydrogen) atoms. The third-order valence-corrected chi connectivity index (χ3v) is 3.36. The number of phenols is 1. The monoisotopic (exact) mass is 321 g/mol. The minimum atomic E-state index is -0.250. The maximum atomic E-state index is 11.8. The van der Waals surface area contributed by atoms with E-state index in [4.69, 9.17) is 4.74 Å². The first-order chi connectivity index (χ1) is 11.0. The lowest BCUT2D eigenvalue weighted by atomic mass is 10.1. The van der Waals surface area contributed by atoms with Crippen molar-refractivity contribution >= 4 is 11.9 Å². The van der Waals surface area contributed by atoms with Crippen LogP contribution in [0.2, 0.25) is 0 Å². The highest BCUT2D eigenvalue weighted by Gasteiger charge is 2.09. The van der Waals surface area contributed by atoms with E-state index in [1.807, 2.05) is 13.8 Å². The van der Waals surface area contributed by atoms with Gasteiger partial charge < -0.3 is 15.2 Å².